The van der Waals surface area contributed by atoms with Crippen LogP contribution < -0.4 is 5.32 Å². The van der Waals surface area contributed by atoms with Crippen molar-refractivity contribution in [1.29, 1.82) is 0 Å². The van der Waals surface area contributed by atoms with Crippen LogP contribution in [0.3, 0.4) is 0 Å². The Morgan fingerprint density at radius 3 is 2.76 bits per heavy atom. The number of halogens is 1. The Bertz CT molecular complexity index is 1230. The van der Waals surface area contributed by atoms with Crippen LogP contribution in [0.4, 0.5) is 10.3 Å². The summed E-state index contributed by atoms with van der Waals surface area (Å²) >= 11 is 0. The van der Waals surface area contributed by atoms with Crippen molar-refractivity contribution in [3.05, 3.63) is 42.2 Å². The molecule has 3 heterocycles. The molecule has 1 aliphatic rings. The highest BCUT2D eigenvalue weighted by Crippen LogP contribution is 2.44. The third-order valence-corrected chi connectivity index (χ3v) is 5.95. The van der Waals surface area contributed by atoms with Gasteiger partial charge in [-0.25, -0.2) is 18.9 Å². The molecule has 1 aliphatic carbocycles. The van der Waals surface area contributed by atoms with Crippen molar-refractivity contribution in [2.45, 2.75) is 46.6 Å². The van der Waals surface area contributed by atoms with Crippen LogP contribution >= 0.6 is 0 Å². The molecule has 1 N–H and O–H groups in total. The highest BCUT2D eigenvalue weighted by molar-refractivity contribution is 5.88. The van der Waals surface area contributed by atoms with Crippen molar-refractivity contribution < 1.29 is 4.39 Å². The minimum atomic E-state index is -0.309. The van der Waals surface area contributed by atoms with Crippen LogP contribution in [0.1, 0.15) is 45.5 Å². The fourth-order valence-electron chi connectivity index (χ4n) is 3.98. The van der Waals surface area contributed by atoms with Crippen molar-refractivity contribution in [2.24, 2.45) is 5.41 Å². The van der Waals surface area contributed by atoms with E-state index in [4.69, 9.17) is 0 Å². The van der Waals surface area contributed by atoms with Crippen molar-refractivity contribution in [3.8, 4) is 11.1 Å². The number of hydrogen-bond donors (Lipinski definition) is 1. The number of anilines is 1. The molecule has 0 bridgehead atoms. The molecule has 29 heavy (non-hydrogen) atoms. The predicted molar refractivity (Wildman–Crippen MR) is 113 cm³/mol. The van der Waals surface area contributed by atoms with Crippen molar-refractivity contribution in [2.75, 3.05) is 11.9 Å². The van der Waals surface area contributed by atoms with Crippen LogP contribution in [-0.2, 0) is 0 Å². The quantitative estimate of drug-likeness (QED) is 0.520. The predicted octanol–water partition coefficient (Wildman–Crippen LogP) is 4.99. The Balaban J connectivity index is 1.56. The van der Waals surface area contributed by atoms with Crippen LogP contribution in [0.25, 0.3) is 27.7 Å². The Kier molecular flexibility index (Phi) is 3.91. The van der Waals surface area contributed by atoms with E-state index in [2.05, 4.69) is 45.7 Å². The van der Waals surface area contributed by atoms with E-state index in [1.165, 1.54) is 12.8 Å². The summed E-state index contributed by atoms with van der Waals surface area (Å²) in [6, 6.07) is 5.72. The van der Waals surface area contributed by atoms with Gasteiger partial charge in [0.25, 0.3) is 0 Å². The molecular weight excluding hydrogens is 367 g/mol. The van der Waals surface area contributed by atoms with Gasteiger partial charge in [0.1, 0.15) is 11.3 Å². The zero-order valence-electron chi connectivity index (χ0n) is 17.2. The van der Waals surface area contributed by atoms with Gasteiger partial charge in [-0.2, -0.15) is 0 Å². The molecule has 0 radical (unpaired) electrons. The lowest BCUT2D eigenvalue weighted by Crippen LogP contribution is -2.14. The molecule has 4 aromatic rings. The van der Waals surface area contributed by atoms with E-state index in [-0.39, 0.29) is 11.9 Å². The maximum Gasteiger partial charge on any atom is 0.241 e. The van der Waals surface area contributed by atoms with Gasteiger partial charge in [-0.3, -0.25) is 0 Å². The molecule has 5 rings (SSSR count). The summed E-state index contributed by atoms with van der Waals surface area (Å²) in [7, 11) is 0. The van der Waals surface area contributed by atoms with E-state index >= 15 is 0 Å². The number of imidazole rings is 1. The Morgan fingerprint density at radius 1 is 1.24 bits per heavy atom. The van der Waals surface area contributed by atoms with Crippen LogP contribution in [0.2, 0.25) is 0 Å². The molecule has 0 unspecified atom stereocenters. The third kappa shape index (κ3) is 3.05. The van der Waals surface area contributed by atoms with Gasteiger partial charge in [-0.15, -0.1) is 5.10 Å². The second-order valence-corrected chi connectivity index (χ2v) is 8.75. The van der Waals surface area contributed by atoms with E-state index < -0.39 is 0 Å². The van der Waals surface area contributed by atoms with Crippen LogP contribution in [0.15, 0.2) is 30.6 Å². The molecule has 0 aliphatic heterocycles. The first-order valence-electron chi connectivity index (χ1n) is 10.1. The summed E-state index contributed by atoms with van der Waals surface area (Å²) in [6.07, 6.45) is 6.18. The number of hydrogen-bond acceptors (Lipinski definition) is 4. The van der Waals surface area contributed by atoms with Crippen LogP contribution in [-0.4, -0.2) is 30.7 Å². The van der Waals surface area contributed by atoms with E-state index in [1.807, 2.05) is 25.3 Å². The number of aryl methyl sites for hydroxylation is 1. The monoisotopic (exact) mass is 392 g/mol. The molecule has 150 valence electrons. The summed E-state index contributed by atoms with van der Waals surface area (Å²) in [5, 5.41) is 7.90. The molecule has 0 saturated heterocycles. The van der Waals surface area contributed by atoms with Crippen molar-refractivity contribution in [3.63, 3.8) is 0 Å². The second kappa shape index (κ2) is 6.27. The highest BCUT2D eigenvalue weighted by Gasteiger charge is 2.37. The van der Waals surface area contributed by atoms with Gasteiger partial charge in [-0.05, 0) is 62.8 Å². The Labute approximate surface area is 168 Å². The second-order valence-electron chi connectivity index (χ2n) is 8.75. The van der Waals surface area contributed by atoms with Crippen molar-refractivity contribution >= 4 is 22.5 Å². The maximum atomic E-state index is 14.9. The van der Waals surface area contributed by atoms with E-state index in [9.17, 15) is 4.39 Å². The summed E-state index contributed by atoms with van der Waals surface area (Å²) in [5.74, 6) is 1.12. The lowest BCUT2D eigenvalue weighted by atomic mass is 10.1. The van der Waals surface area contributed by atoms with E-state index in [1.54, 1.807) is 16.8 Å². The van der Waals surface area contributed by atoms with Crippen molar-refractivity contribution in [1.82, 2.24) is 24.1 Å². The molecule has 1 aromatic carbocycles. The van der Waals surface area contributed by atoms with Crippen LogP contribution in [0, 0.1) is 18.2 Å². The fraction of sp³-hybridized carbons (Fsp3) is 0.409. The number of aromatic nitrogens is 5. The first kappa shape index (κ1) is 18.1. The van der Waals surface area contributed by atoms with Gasteiger partial charge in [0.15, 0.2) is 5.82 Å². The van der Waals surface area contributed by atoms with Gasteiger partial charge in [0.2, 0.25) is 5.95 Å². The van der Waals surface area contributed by atoms with Gasteiger partial charge in [0, 0.05) is 24.3 Å². The van der Waals surface area contributed by atoms with Crippen LogP contribution in [0.5, 0.6) is 0 Å². The van der Waals surface area contributed by atoms with E-state index in [0.717, 1.165) is 34.5 Å². The summed E-state index contributed by atoms with van der Waals surface area (Å²) < 4.78 is 18.7. The number of nitrogens with one attached hydrogen (secondary N) is 1. The number of nitrogens with zero attached hydrogens (tertiary/aromatic N) is 5. The highest BCUT2D eigenvalue weighted by atomic mass is 19.1. The van der Waals surface area contributed by atoms with Gasteiger partial charge in [-0.1, -0.05) is 6.92 Å². The average molecular weight is 392 g/mol. The molecule has 6 nitrogen and oxygen atoms in total. The van der Waals surface area contributed by atoms with Gasteiger partial charge < -0.3 is 9.88 Å². The molecule has 7 heteroatoms. The Hall–Kier alpha value is -2.96. The minimum Gasteiger partial charge on any atom is -0.352 e. The molecule has 0 spiro atoms. The molecular formula is C22H25FN6. The molecule has 3 aromatic heterocycles. The summed E-state index contributed by atoms with van der Waals surface area (Å²) in [4.78, 5) is 8.90. The topological polar surface area (TPSA) is 60.0 Å². The third-order valence-electron chi connectivity index (χ3n) is 5.95. The number of benzene rings is 1. The number of fused-ring (bicyclic) bond motifs is 2. The first-order valence-corrected chi connectivity index (χ1v) is 10.1. The molecule has 1 fully saturated rings. The standard InChI is InChI=1S/C22H25FN6/c1-13(2)29-14(3)26-20-17(23)9-15(10-18(20)29)16-5-8-28-19(16)11-24-21(27-28)25-12-22(4)6-7-22/h5,8-11,13H,6-7,12H2,1-4H3,(H,25,27). The maximum absolute atomic E-state index is 14.9. The lowest BCUT2D eigenvalue weighted by molar-refractivity contribution is 0.600. The normalized spacial score (nSPS) is 15.5. The zero-order chi connectivity index (χ0) is 20.3. The van der Waals surface area contributed by atoms with Gasteiger partial charge in [0.05, 0.1) is 17.2 Å². The average Bonchev–Trinajstić information content (AvgIpc) is 3.11. The molecule has 1 saturated carbocycles. The van der Waals surface area contributed by atoms with Gasteiger partial charge >= 0.3 is 0 Å². The smallest absolute Gasteiger partial charge is 0.241 e. The van der Waals surface area contributed by atoms with E-state index in [0.29, 0.717) is 16.9 Å². The SMILES string of the molecule is Cc1nc2c(F)cc(-c3ccn4nc(NCC5(C)CC5)ncc34)cc2n1C(C)C. The minimum absolute atomic E-state index is 0.200. The molecule has 0 atom stereocenters. The Morgan fingerprint density at radius 2 is 2.03 bits per heavy atom. The zero-order valence-corrected chi connectivity index (χ0v) is 17.2. The lowest BCUT2D eigenvalue weighted by Gasteiger charge is -2.12. The number of rotatable bonds is 5. The summed E-state index contributed by atoms with van der Waals surface area (Å²) in [5.41, 5.74) is 4.16. The summed E-state index contributed by atoms with van der Waals surface area (Å²) in [6.45, 7) is 9.22. The molecule has 0 amide bonds. The largest absolute Gasteiger partial charge is 0.352 e. The fourth-order valence-corrected chi connectivity index (χ4v) is 3.98. The first-order chi connectivity index (χ1) is 13.8.